The van der Waals surface area contributed by atoms with Crippen LogP contribution in [0.3, 0.4) is 0 Å². The molecular weight excluding hydrogens is 255 g/mol. The minimum atomic E-state index is 0. The van der Waals surface area contributed by atoms with E-state index >= 15 is 0 Å². The molecule has 0 amide bonds. The van der Waals surface area contributed by atoms with Crippen LogP contribution in [0.1, 0.15) is 25.8 Å². The van der Waals surface area contributed by atoms with Gasteiger partial charge in [0, 0.05) is 13.1 Å². The molecule has 0 aromatic heterocycles. The van der Waals surface area contributed by atoms with E-state index in [-0.39, 0.29) is 29.6 Å². The van der Waals surface area contributed by atoms with Gasteiger partial charge in [0.15, 0.2) is 0 Å². The number of nitrogens with one attached hydrogen (secondary N) is 1. The molecule has 0 aliphatic rings. The Balaban J connectivity index is 0.00000361. The number of hydrogen-bond acceptors (Lipinski definition) is 1. The first-order valence-electron chi connectivity index (χ1n) is 6.79. The van der Waals surface area contributed by atoms with Crippen LogP contribution in [0.5, 0.6) is 0 Å². The largest absolute Gasteiger partial charge is 1.00 e. The van der Waals surface area contributed by atoms with Crippen LogP contribution >= 0.6 is 0 Å². The average molecular weight is 278 g/mol. The van der Waals surface area contributed by atoms with Gasteiger partial charge >= 0.3 is 29.6 Å². The molecule has 2 nitrogen and oxygen atoms in total. The van der Waals surface area contributed by atoms with Crippen molar-refractivity contribution in [2.24, 2.45) is 0 Å². The van der Waals surface area contributed by atoms with Crippen LogP contribution in [0.4, 0.5) is 0 Å². The fourth-order valence-electron chi connectivity index (χ4n) is 1.99. The summed E-state index contributed by atoms with van der Waals surface area (Å²) < 4.78 is 0. The maximum Gasteiger partial charge on any atom is 1.00 e. The van der Waals surface area contributed by atoms with Gasteiger partial charge < -0.3 is 10.6 Å². The van der Waals surface area contributed by atoms with Gasteiger partial charge in [-0.3, -0.25) is 0 Å². The molecule has 1 aromatic rings. The molecule has 0 radical (unpaired) electrons. The molecule has 1 N–H and O–H groups in total. The van der Waals surface area contributed by atoms with Crippen molar-refractivity contribution >= 4 is 0 Å². The van der Waals surface area contributed by atoms with Crippen molar-refractivity contribution in [3.05, 3.63) is 53.3 Å². The molecule has 0 saturated carbocycles. The van der Waals surface area contributed by atoms with Crippen molar-refractivity contribution in [2.45, 2.75) is 26.8 Å². The minimum absolute atomic E-state index is 0. The van der Waals surface area contributed by atoms with E-state index in [1.807, 2.05) is 19.9 Å². The molecule has 0 fully saturated rings. The molecule has 1 rings (SSSR count). The zero-order chi connectivity index (χ0) is 13.9. The summed E-state index contributed by atoms with van der Waals surface area (Å²) in [6.45, 7) is 7.03. The molecule has 0 atom stereocenters. The fourth-order valence-corrected chi connectivity index (χ4v) is 1.99. The number of benzene rings is 1. The maximum atomic E-state index is 7.43. The van der Waals surface area contributed by atoms with Gasteiger partial charge in [0.25, 0.3) is 0 Å². The van der Waals surface area contributed by atoms with E-state index in [1.54, 1.807) is 0 Å². The molecule has 102 valence electrons. The van der Waals surface area contributed by atoms with Gasteiger partial charge in [0.1, 0.15) is 0 Å². The summed E-state index contributed by atoms with van der Waals surface area (Å²) in [6.07, 6.45) is 3.04. The van der Waals surface area contributed by atoms with E-state index < -0.39 is 0 Å². The zero-order valence-electron chi connectivity index (χ0n) is 12.9. The molecule has 1 aromatic carbocycles. The van der Waals surface area contributed by atoms with Gasteiger partial charge in [-0.2, -0.15) is 0 Å². The molecular formula is C17H23N2Na. The molecule has 3 heteroatoms. The topological polar surface area (TPSA) is 27.0 Å². The standard InChI is InChI=1S/C17H23N2.Na/c1-3-8-16(4-2)11-13-19(14-12-18)15-17-9-6-5-7-10-17;/h4-7,9-10,18H,11-15H2,1-2H3;/q-1;+1/b16-4+;. The van der Waals surface area contributed by atoms with Crippen LogP contribution in [-0.4, -0.2) is 24.5 Å². The molecule has 0 unspecified atom stereocenters. The Morgan fingerprint density at radius 1 is 1.25 bits per heavy atom. The second-order valence-corrected chi connectivity index (χ2v) is 4.45. The molecule has 20 heavy (non-hydrogen) atoms. The third-order valence-corrected chi connectivity index (χ3v) is 3.01. The molecule has 0 aliphatic heterocycles. The van der Waals surface area contributed by atoms with Gasteiger partial charge in [-0.15, -0.1) is 12.5 Å². The Labute approximate surface area is 145 Å². The summed E-state index contributed by atoms with van der Waals surface area (Å²) in [5, 5.41) is 0. The Morgan fingerprint density at radius 2 is 1.95 bits per heavy atom. The van der Waals surface area contributed by atoms with E-state index in [2.05, 4.69) is 47.1 Å². The van der Waals surface area contributed by atoms with Crippen molar-refractivity contribution in [3.63, 3.8) is 0 Å². The third kappa shape index (κ3) is 7.89. The second kappa shape index (κ2) is 12.2. The van der Waals surface area contributed by atoms with E-state index in [9.17, 15) is 0 Å². The van der Waals surface area contributed by atoms with E-state index in [0.717, 1.165) is 26.1 Å². The van der Waals surface area contributed by atoms with Gasteiger partial charge in [0.2, 0.25) is 0 Å². The maximum absolute atomic E-state index is 7.43. The first-order valence-corrected chi connectivity index (χ1v) is 6.79. The average Bonchev–Trinajstić information content (AvgIpc) is 2.44. The van der Waals surface area contributed by atoms with Crippen LogP contribution < -0.4 is 29.6 Å². The van der Waals surface area contributed by atoms with Crippen LogP contribution in [0, 0.1) is 11.8 Å². The van der Waals surface area contributed by atoms with Crippen LogP contribution in [-0.2, 0) is 6.54 Å². The molecule has 0 saturated heterocycles. The monoisotopic (exact) mass is 278 g/mol. The first-order chi connectivity index (χ1) is 9.30. The second-order valence-electron chi connectivity index (χ2n) is 4.45. The Bertz CT molecular complexity index is 443. The number of rotatable bonds is 7. The molecule has 0 aliphatic carbocycles. The summed E-state index contributed by atoms with van der Waals surface area (Å²) in [6, 6.07) is 10.4. The zero-order valence-corrected chi connectivity index (χ0v) is 14.9. The summed E-state index contributed by atoms with van der Waals surface area (Å²) in [4.78, 5) is 2.32. The Hall–Kier alpha value is -0.560. The third-order valence-electron chi connectivity index (χ3n) is 3.01. The van der Waals surface area contributed by atoms with Crippen molar-refractivity contribution < 1.29 is 29.6 Å². The number of hydrogen-bond donors (Lipinski definition) is 0. The first kappa shape index (κ1) is 19.4. The predicted octanol–water partition coefficient (Wildman–Crippen LogP) is 0.905. The number of nitrogens with zero attached hydrogens (tertiary/aromatic N) is 1. The van der Waals surface area contributed by atoms with Gasteiger partial charge in [-0.05, 0) is 37.9 Å². The van der Waals surface area contributed by atoms with Crippen molar-refractivity contribution in [3.8, 4) is 11.8 Å². The summed E-state index contributed by atoms with van der Waals surface area (Å²) in [7, 11) is 0. The quantitative estimate of drug-likeness (QED) is 0.538. The van der Waals surface area contributed by atoms with Crippen LogP contribution in [0.25, 0.3) is 5.73 Å². The SMILES string of the molecule is CC#C/C(=C\C)CCN(CC[NH-])Cc1ccccc1.[Na+]. The normalized spacial score (nSPS) is 10.7. The molecule has 0 spiro atoms. The summed E-state index contributed by atoms with van der Waals surface area (Å²) in [5.41, 5.74) is 9.92. The van der Waals surface area contributed by atoms with Crippen molar-refractivity contribution in [1.29, 1.82) is 0 Å². The van der Waals surface area contributed by atoms with Crippen LogP contribution in [0.2, 0.25) is 0 Å². The number of allylic oxidation sites excluding steroid dienone is 1. The summed E-state index contributed by atoms with van der Waals surface area (Å²) in [5.74, 6) is 6.08. The smallest absolute Gasteiger partial charge is 0.676 e. The minimum Gasteiger partial charge on any atom is -0.676 e. The van der Waals surface area contributed by atoms with Crippen molar-refractivity contribution in [2.75, 3.05) is 19.6 Å². The Morgan fingerprint density at radius 3 is 2.50 bits per heavy atom. The predicted molar refractivity (Wildman–Crippen MR) is 82.7 cm³/mol. The molecule has 0 bridgehead atoms. The van der Waals surface area contributed by atoms with E-state index in [0.29, 0.717) is 6.54 Å². The van der Waals surface area contributed by atoms with E-state index in [4.69, 9.17) is 5.73 Å². The van der Waals surface area contributed by atoms with Gasteiger partial charge in [-0.25, -0.2) is 0 Å². The summed E-state index contributed by atoms with van der Waals surface area (Å²) >= 11 is 0. The molecule has 0 heterocycles. The Kier molecular flexibility index (Phi) is 11.9. The fraction of sp³-hybridized carbons (Fsp3) is 0.412. The van der Waals surface area contributed by atoms with Gasteiger partial charge in [0.05, 0.1) is 0 Å². The van der Waals surface area contributed by atoms with Crippen LogP contribution in [0.15, 0.2) is 42.0 Å². The van der Waals surface area contributed by atoms with Crippen molar-refractivity contribution in [1.82, 2.24) is 4.90 Å². The van der Waals surface area contributed by atoms with E-state index in [1.165, 1.54) is 11.1 Å². The van der Waals surface area contributed by atoms with Gasteiger partial charge in [-0.1, -0.05) is 42.3 Å².